The summed E-state index contributed by atoms with van der Waals surface area (Å²) in [6.45, 7) is 5.60. The number of benzene rings is 2. The van der Waals surface area contributed by atoms with Crippen molar-refractivity contribution in [2.75, 3.05) is 19.6 Å². The number of rotatable bonds is 9. The van der Waals surface area contributed by atoms with Gasteiger partial charge in [-0.3, -0.25) is 19.4 Å². The van der Waals surface area contributed by atoms with Crippen LogP contribution in [0.3, 0.4) is 0 Å². The minimum atomic E-state index is -0.149. The van der Waals surface area contributed by atoms with Gasteiger partial charge in [-0.05, 0) is 37.5 Å². The molecule has 2 aromatic rings. The third-order valence-corrected chi connectivity index (χ3v) is 6.19. The van der Waals surface area contributed by atoms with Crippen molar-refractivity contribution in [1.82, 2.24) is 9.80 Å². The van der Waals surface area contributed by atoms with Gasteiger partial charge in [0.15, 0.2) is 0 Å². The molecule has 0 spiro atoms. The number of imide groups is 1. The summed E-state index contributed by atoms with van der Waals surface area (Å²) in [5, 5.41) is 0. The molecule has 2 heterocycles. The lowest BCUT2D eigenvalue weighted by Crippen LogP contribution is -2.46. The van der Waals surface area contributed by atoms with Gasteiger partial charge in [0.25, 0.3) is 11.8 Å². The smallest absolute Gasteiger partial charge is 0.261 e. The summed E-state index contributed by atoms with van der Waals surface area (Å²) in [6.07, 6.45) is 5.67. The maximum absolute atomic E-state index is 12.4. The average molecular weight is 421 g/mol. The first kappa shape index (κ1) is 21.7. The van der Waals surface area contributed by atoms with Crippen molar-refractivity contribution in [3.8, 4) is 0 Å². The van der Waals surface area contributed by atoms with E-state index >= 15 is 0 Å². The van der Waals surface area contributed by atoms with Gasteiger partial charge in [0.05, 0.1) is 23.3 Å². The lowest BCUT2D eigenvalue weighted by atomic mass is 10.1. The molecule has 2 aliphatic rings. The number of unbranched alkanes of at least 4 members (excludes halogenated alkanes) is 3. The Balaban J connectivity index is 1.15. The normalized spacial score (nSPS) is 21.5. The van der Waals surface area contributed by atoms with Crippen LogP contribution in [-0.2, 0) is 11.3 Å². The third kappa shape index (κ3) is 5.41. The van der Waals surface area contributed by atoms with Gasteiger partial charge < -0.3 is 4.74 Å². The highest BCUT2D eigenvalue weighted by molar-refractivity contribution is 6.21. The number of carbonyl (C=O) groups is 2. The Morgan fingerprint density at radius 1 is 0.839 bits per heavy atom. The highest BCUT2D eigenvalue weighted by atomic mass is 16.5. The Morgan fingerprint density at radius 3 is 2.19 bits per heavy atom. The van der Waals surface area contributed by atoms with E-state index in [1.807, 2.05) is 12.1 Å². The minimum absolute atomic E-state index is 0.149. The predicted octanol–water partition coefficient (Wildman–Crippen LogP) is 4.52. The number of hydrogen-bond donors (Lipinski definition) is 0. The van der Waals surface area contributed by atoms with E-state index in [0.29, 0.717) is 17.7 Å². The number of carbonyl (C=O) groups excluding carboxylic acids is 2. The standard InChI is InChI=1S/C26H32N2O3/c1-20-17-27(18-21-11-5-4-6-12-21)19-22(31-20)13-7-2-3-10-16-28-25(29)23-14-8-9-15-24(23)26(28)30/h4-6,8-9,11-12,14-15,20,22H,2-3,7,10,13,16-19H2,1H3/t20-,22+/m1/s1. The summed E-state index contributed by atoms with van der Waals surface area (Å²) >= 11 is 0. The first-order valence-corrected chi connectivity index (χ1v) is 11.5. The monoisotopic (exact) mass is 420 g/mol. The second kappa shape index (κ2) is 10.2. The van der Waals surface area contributed by atoms with Gasteiger partial charge in [0.1, 0.15) is 0 Å². The molecule has 0 saturated carbocycles. The number of morpholine rings is 1. The van der Waals surface area contributed by atoms with Gasteiger partial charge in [-0.15, -0.1) is 0 Å². The fourth-order valence-corrected chi connectivity index (χ4v) is 4.71. The molecule has 2 atom stereocenters. The molecule has 0 radical (unpaired) electrons. The summed E-state index contributed by atoms with van der Waals surface area (Å²) in [4.78, 5) is 28.7. The molecule has 1 fully saturated rings. The minimum Gasteiger partial charge on any atom is -0.373 e. The molecular formula is C26H32N2O3. The number of nitrogens with zero attached hydrogens (tertiary/aromatic N) is 2. The van der Waals surface area contributed by atoms with E-state index in [4.69, 9.17) is 4.74 Å². The number of ether oxygens (including phenoxy) is 1. The molecular weight excluding hydrogens is 388 g/mol. The molecule has 2 aromatic carbocycles. The molecule has 0 aliphatic carbocycles. The van der Waals surface area contributed by atoms with Crippen molar-refractivity contribution in [2.24, 2.45) is 0 Å². The molecule has 0 unspecified atom stereocenters. The van der Waals surface area contributed by atoms with E-state index in [-0.39, 0.29) is 24.0 Å². The van der Waals surface area contributed by atoms with Crippen molar-refractivity contribution in [3.05, 3.63) is 71.3 Å². The molecule has 0 aromatic heterocycles. The highest BCUT2D eigenvalue weighted by Crippen LogP contribution is 2.23. The Kier molecular flexibility index (Phi) is 7.15. The van der Waals surface area contributed by atoms with Crippen molar-refractivity contribution in [1.29, 1.82) is 0 Å². The number of hydrogen-bond acceptors (Lipinski definition) is 4. The predicted molar refractivity (Wildman–Crippen MR) is 121 cm³/mol. The largest absolute Gasteiger partial charge is 0.373 e. The van der Waals surface area contributed by atoms with Crippen LogP contribution in [0.2, 0.25) is 0 Å². The van der Waals surface area contributed by atoms with Crippen LogP contribution in [0.4, 0.5) is 0 Å². The van der Waals surface area contributed by atoms with Crippen molar-refractivity contribution >= 4 is 11.8 Å². The average Bonchev–Trinajstić information content (AvgIpc) is 3.01. The molecule has 0 N–H and O–H groups in total. The van der Waals surface area contributed by atoms with Crippen LogP contribution >= 0.6 is 0 Å². The summed E-state index contributed by atoms with van der Waals surface area (Å²) in [7, 11) is 0. The maximum atomic E-state index is 12.4. The van der Waals surface area contributed by atoms with Crippen LogP contribution in [0.15, 0.2) is 54.6 Å². The quantitative estimate of drug-likeness (QED) is 0.442. The van der Waals surface area contributed by atoms with E-state index in [0.717, 1.165) is 51.7 Å². The zero-order chi connectivity index (χ0) is 21.6. The fraction of sp³-hybridized carbons (Fsp3) is 0.462. The number of fused-ring (bicyclic) bond motifs is 1. The second-order valence-electron chi connectivity index (χ2n) is 8.76. The maximum Gasteiger partial charge on any atom is 0.261 e. The van der Waals surface area contributed by atoms with Crippen LogP contribution in [0, 0.1) is 0 Å². The van der Waals surface area contributed by atoms with Crippen LogP contribution in [0.25, 0.3) is 0 Å². The van der Waals surface area contributed by atoms with Gasteiger partial charge in [0.2, 0.25) is 0 Å². The van der Waals surface area contributed by atoms with Crippen molar-refractivity contribution < 1.29 is 14.3 Å². The Morgan fingerprint density at radius 2 is 1.48 bits per heavy atom. The van der Waals surface area contributed by atoms with Crippen molar-refractivity contribution in [2.45, 2.75) is 57.8 Å². The molecule has 0 bridgehead atoms. The molecule has 2 amide bonds. The summed E-state index contributed by atoms with van der Waals surface area (Å²) < 4.78 is 6.17. The first-order valence-electron chi connectivity index (χ1n) is 11.5. The molecule has 5 heteroatoms. The lowest BCUT2D eigenvalue weighted by molar-refractivity contribution is -0.0827. The van der Waals surface area contributed by atoms with Gasteiger partial charge in [-0.2, -0.15) is 0 Å². The summed E-state index contributed by atoms with van der Waals surface area (Å²) in [6, 6.07) is 17.7. The zero-order valence-electron chi connectivity index (χ0n) is 18.3. The van der Waals surface area contributed by atoms with E-state index < -0.39 is 0 Å². The van der Waals surface area contributed by atoms with Gasteiger partial charge in [-0.1, -0.05) is 61.7 Å². The highest BCUT2D eigenvalue weighted by Gasteiger charge is 2.34. The zero-order valence-corrected chi connectivity index (χ0v) is 18.3. The molecule has 2 aliphatic heterocycles. The molecule has 164 valence electrons. The molecule has 4 rings (SSSR count). The van der Waals surface area contributed by atoms with E-state index in [2.05, 4.69) is 42.2 Å². The van der Waals surface area contributed by atoms with E-state index in [1.54, 1.807) is 12.1 Å². The van der Waals surface area contributed by atoms with E-state index in [9.17, 15) is 9.59 Å². The Labute approximate surface area is 185 Å². The molecule has 31 heavy (non-hydrogen) atoms. The van der Waals surface area contributed by atoms with Gasteiger partial charge >= 0.3 is 0 Å². The van der Waals surface area contributed by atoms with Crippen LogP contribution in [-0.4, -0.2) is 53.5 Å². The summed E-state index contributed by atoms with van der Waals surface area (Å²) in [5.74, 6) is -0.299. The first-order chi connectivity index (χ1) is 15.1. The fourth-order valence-electron chi connectivity index (χ4n) is 4.71. The van der Waals surface area contributed by atoms with Gasteiger partial charge in [0, 0.05) is 26.2 Å². The lowest BCUT2D eigenvalue weighted by Gasteiger charge is -2.37. The second-order valence-corrected chi connectivity index (χ2v) is 8.76. The SMILES string of the molecule is C[C@@H]1CN(Cc2ccccc2)C[C@H](CCCCCCN2C(=O)c3ccccc3C2=O)O1. The Bertz CT molecular complexity index is 864. The van der Waals surface area contributed by atoms with E-state index in [1.165, 1.54) is 10.5 Å². The van der Waals surface area contributed by atoms with Gasteiger partial charge in [-0.25, -0.2) is 0 Å². The van der Waals surface area contributed by atoms with Crippen molar-refractivity contribution in [3.63, 3.8) is 0 Å². The number of amides is 2. The van der Waals surface area contributed by atoms with Crippen LogP contribution in [0.5, 0.6) is 0 Å². The molecule has 1 saturated heterocycles. The third-order valence-electron chi connectivity index (χ3n) is 6.19. The van der Waals surface area contributed by atoms with Crippen LogP contribution in [0.1, 0.15) is 65.3 Å². The summed E-state index contributed by atoms with van der Waals surface area (Å²) in [5.41, 5.74) is 2.43. The Hall–Kier alpha value is -2.50. The van der Waals surface area contributed by atoms with Crippen LogP contribution < -0.4 is 0 Å². The molecule has 5 nitrogen and oxygen atoms in total. The topological polar surface area (TPSA) is 49.9 Å².